The summed E-state index contributed by atoms with van der Waals surface area (Å²) in [5.74, 6) is -0.0712. The van der Waals surface area contributed by atoms with Crippen LogP contribution in [0.4, 0.5) is 0 Å². The molecule has 1 atom stereocenters. The number of carbonyl (C=O) groups is 1. The minimum absolute atomic E-state index is 0.0544. The zero-order valence-corrected chi connectivity index (χ0v) is 8.48. The SMILES string of the molecule is CC1(C)CC[C@H](C(N)=O)C1(C)C. The van der Waals surface area contributed by atoms with Gasteiger partial charge in [-0.3, -0.25) is 4.79 Å². The van der Waals surface area contributed by atoms with Crippen LogP contribution in [0.5, 0.6) is 0 Å². The van der Waals surface area contributed by atoms with Crippen LogP contribution in [0.2, 0.25) is 0 Å². The summed E-state index contributed by atoms with van der Waals surface area (Å²) in [5, 5.41) is 0. The van der Waals surface area contributed by atoms with Gasteiger partial charge in [0.1, 0.15) is 0 Å². The molecule has 1 aliphatic rings. The fraction of sp³-hybridized carbons (Fsp3) is 0.900. The lowest BCUT2D eigenvalue weighted by atomic mass is 9.67. The van der Waals surface area contributed by atoms with E-state index in [9.17, 15) is 4.79 Å². The van der Waals surface area contributed by atoms with Gasteiger partial charge in [-0.15, -0.1) is 0 Å². The van der Waals surface area contributed by atoms with Gasteiger partial charge in [-0.25, -0.2) is 0 Å². The lowest BCUT2D eigenvalue weighted by Crippen LogP contribution is -2.38. The Morgan fingerprint density at radius 2 is 1.83 bits per heavy atom. The summed E-state index contributed by atoms with van der Waals surface area (Å²) in [6, 6.07) is 0. The average molecular weight is 169 g/mol. The van der Waals surface area contributed by atoms with Gasteiger partial charge in [0.25, 0.3) is 0 Å². The van der Waals surface area contributed by atoms with E-state index in [1.807, 2.05) is 0 Å². The molecule has 1 aliphatic carbocycles. The van der Waals surface area contributed by atoms with Crippen molar-refractivity contribution in [2.24, 2.45) is 22.5 Å². The number of primary amides is 1. The zero-order chi connectivity index (χ0) is 9.57. The lowest BCUT2D eigenvalue weighted by Gasteiger charge is -2.37. The van der Waals surface area contributed by atoms with Crippen molar-refractivity contribution in [3.05, 3.63) is 0 Å². The Hall–Kier alpha value is -0.530. The van der Waals surface area contributed by atoms with Gasteiger partial charge in [-0.05, 0) is 23.7 Å². The van der Waals surface area contributed by atoms with E-state index in [2.05, 4.69) is 27.7 Å². The molecule has 0 aliphatic heterocycles. The van der Waals surface area contributed by atoms with Crippen molar-refractivity contribution in [2.45, 2.75) is 40.5 Å². The molecule has 2 heteroatoms. The predicted molar refractivity (Wildman–Crippen MR) is 49.5 cm³/mol. The van der Waals surface area contributed by atoms with E-state index >= 15 is 0 Å². The summed E-state index contributed by atoms with van der Waals surface area (Å²) < 4.78 is 0. The molecule has 2 nitrogen and oxygen atoms in total. The summed E-state index contributed by atoms with van der Waals surface area (Å²) in [6.07, 6.45) is 2.06. The molecule has 0 bridgehead atoms. The molecule has 0 saturated heterocycles. The monoisotopic (exact) mass is 169 g/mol. The van der Waals surface area contributed by atoms with Gasteiger partial charge in [0.15, 0.2) is 0 Å². The van der Waals surface area contributed by atoms with E-state index in [-0.39, 0.29) is 22.7 Å². The highest BCUT2D eigenvalue weighted by molar-refractivity contribution is 5.78. The van der Waals surface area contributed by atoms with Crippen molar-refractivity contribution in [2.75, 3.05) is 0 Å². The molecule has 1 saturated carbocycles. The molecule has 12 heavy (non-hydrogen) atoms. The highest BCUT2D eigenvalue weighted by atomic mass is 16.1. The Kier molecular flexibility index (Phi) is 1.97. The molecule has 1 rings (SSSR count). The first-order valence-electron chi connectivity index (χ1n) is 4.58. The van der Waals surface area contributed by atoms with Crippen LogP contribution in [0, 0.1) is 16.7 Å². The lowest BCUT2D eigenvalue weighted by molar-refractivity contribution is -0.125. The number of carbonyl (C=O) groups excluding carboxylic acids is 1. The van der Waals surface area contributed by atoms with Crippen molar-refractivity contribution < 1.29 is 4.79 Å². The molecule has 70 valence electrons. The van der Waals surface area contributed by atoms with Crippen LogP contribution in [0.3, 0.4) is 0 Å². The molecule has 0 aromatic rings. The normalized spacial score (nSPS) is 31.8. The molecule has 0 aromatic heterocycles. The van der Waals surface area contributed by atoms with E-state index in [1.54, 1.807) is 0 Å². The molecule has 1 amide bonds. The first kappa shape index (κ1) is 9.56. The molecular weight excluding hydrogens is 150 g/mol. The second kappa shape index (κ2) is 2.48. The van der Waals surface area contributed by atoms with E-state index in [0.717, 1.165) is 12.8 Å². The van der Waals surface area contributed by atoms with Crippen LogP contribution in [0.15, 0.2) is 0 Å². The van der Waals surface area contributed by atoms with Crippen LogP contribution in [0.1, 0.15) is 40.5 Å². The third-order valence-electron chi connectivity index (χ3n) is 4.02. The van der Waals surface area contributed by atoms with Gasteiger partial charge in [-0.2, -0.15) is 0 Å². The van der Waals surface area contributed by atoms with E-state index in [1.165, 1.54) is 0 Å². The topological polar surface area (TPSA) is 43.1 Å². The number of rotatable bonds is 1. The van der Waals surface area contributed by atoms with Gasteiger partial charge >= 0.3 is 0 Å². The zero-order valence-electron chi connectivity index (χ0n) is 8.48. The standard InChI is InChI=1S/C10H19NO/c1-9(2)6-5-7(8(11)12)10(9,3)4/h7H,5-6H2,1-4H3,(H2,11,12)/t7-/m1/s1. The Morgan fingerprint density at radius 1 is 1.33 bits per heavy atom. The van der Waals surface area contributed by atoms with Crippen molar-refractivity contribution in [3.8, 4) is 0 Å². The van der Waals surface area contributed by atoms with Crippen LogP contribution < -0.4 is 5.73 Å². The molecule has 0 heterocycles. The Balaban J connectivity index is 2.93. The fourth-order valence-corrected chi connectivity index (χ4v) is 2.16. The van der Waals surface area contributed by atoms with E-state index < -0.39 is 0 Å². The molecule has 0 radical (unpaired) electrons. The number of amides is 1. The second-order valence-electron chi connectivity index (χ2n) is 5.10. The molecule has 1 fully saturated rings. The summed E-state index contributed by atoms with van der Waals surface area (Å²) in [6.45, 7) is 8.73. The van der Waals surface area contributed by atoms with Crippen LogP contribution >= 0.6 is 0 Å². The van der Waals surface area contributed by atoms with Crippen molar-refractivity contribution in [1.29, 1.82) is 0 Å². The molecule has 0 spiro atoms. The first-order chi connectivity index (χ1) is 5.29. The molecular formula is C10H19NO. The van der Waals surface area contributed by atoms with Crippen molar-refractivity contribution in [1.82, 2.24) is 0 Å². The minimum atomic E-state index is -0.134. The van der Waals surface area contributed by atoms with Crippen molar-refractivity contribution >= 4 is 5.91 Å². The van der Waals surface area contributed by atoms with Gasteiger partial charge in [0, 0.05) is 5.92 Å². The molecule has 0 aromatic carbocycles. The maximum absolute atomic E-state index is 11.1. The van der Waals surface area contributed by atoms with E-state index in [0.29, 0.717) is 0 Å². The van der Waals surface area contributed by atoms with Gasteiger partial charge in [-0.1, -0.05) is 27.7 Å². The molecule has 0 unspecified atom stereocenters. The van der Waals surface area contributed by atoms with Crippen LogP contribution in [-0.2, 0) is 4.79 Å². The number of hydrogen-bond acceptors (Lipinski definition) is 1. The van der Waals surface area contributed by atoms with Gasteiger partial charge < -0.3 is 5.73 Å². The van der Waals surface area contributed by atoms with Gasteiger partial charge in [0.05, 0.1) is 0 Å². The predicted octanol–water partition coefficient (Wildman–Crippen LogP) is 1.93. The quantitative estimate of drug-likeness (QED) is 0.640. The van der Waals surface area contributed by atoms with Gasteiger partial charge in [0.2, 0.25) is 5.91 Å². The maximum Gasteiger partial charge on any atom is 0.221 e. The second-order valence-corrected chi connectivity index (χ2v) is 5.10. The summed E-state index contributed by atoms with van der Waals surface area (Å²) in [4.78, 5) is 11.1. The van der Waals surface area contributed by atoms with Crippen LogP contribution in [0.25, 0.3) is 0 Å². The summed E-state index contributed by atoms with van der Waals surface area (Å²) in [7, 11) is 0. The highest BCUT2D eigenvalue weighted by Gasteiger charge is 2.50. The Labute approximate surface area is 74.5 Å². The highest BCUT2D eigenvalue weighted by Crippen LogP contribution is 2.55. The third-order valence-corrected chi connectivity index (χ3v) is 4.02. The fourth-order valence-electron chi connectivity index (χ4n) is 2.16. The smallest absolute Gasteiger partial charge is 0.221 e. The number of nitrogens with two attached hydrogens (primary N) is 1. The summed E-state index contributed by atoms with van der Waals surface area (Å²) >= 11 is 0. The first-order valence-corrected chi connectivity index (χ1v) is 4.58. The Bertz CT molecular complexity index is 206. The average Bonchev–Trinajstić information content (AvgIpc) is 2.03. The number of hydrogen-bond donors (Lipinski definition) is 1. The molecule has 2 N–H and O–H groups in total. The maximum atomic E-state index is 11.1. The largest absolute Gasteiger partial charge is 0.369 e. The summed E-state index contributed by atoms with van der Waals surface area (Å²) in [5.41, 5.74) is 5.65. The minimum Gasteiger partial charge on any atom is -0.369 e. The van der Waals surface area contributed by atoms with E-state index in [4.69, 9.17) is 5.73 Å². The van der Waals surface area contributed by atoms with Crippen molar-refractivity contribution in [3.63, 3.8) is 0 Å². The Morgan fingerprint density at radius 3 is 2.00 bits per heavy atom. The third kappa shape index (κ3) is 1.13. The van der Waals surface area contributed by atoms with Crippen LogP contribution in [-0.4, -0.2) is 5.91 Å².